The zero-order valence-electron chi connectivity index (χ0n) is 17.3. The van der Waals surface area contributed by atoms with E-state index in [4.69, 9.17) is 0 Å². The van der Waals surface area contributed by atoms with Gasteiger partial charge in [-0.25, -0.2) is 0 Å². The van der Waals surface area contributed by atoms with Crippen molar-refractivity contribution in [2.24, 2.45) is 11.8 Å². The molecule has 1 fully saturated rings. The fourth-order valence-corrected chi connectivity index (χ4v) is 4.66. The van der Waals surface area contributed by atoms with Gasteiger partial charge in [0.25, 0.3) is 0 Å². The van der Waals surface area contributed by atoms with Crippen LogP contribution in [0.1, 0.15) is 48.4 Å². The molecule has 0 spiro atoms. The predicted octanol–water partition coefficient (Wildman–Crippen LogP) is 7.72. The van der Waals surface area contributed by atoms with Gasteiger partial charge in [-0.05, 0) is 77.5 Å². The van der Waals surface area contributed by atoms with Gasteiger partial charge in [0.15, 0.2) is 0 Å². The van der Waals surface area contributed by atoms with Gasteiger partial charge < -0.3 is 0 Å². The molecule has 1 aliphatic rings. The quantitative estimate of drug-likeness (QED) is 0.392. The van der Waals surface area contributed by atoms with E-state index in [0.717, 1.165) is 12.3 Å². The molecule has 3 aromatic carbocycles. The highest BCUT2D eigenvalue weighted by Crippen LogP contribution is 2.55. The van der Waals surface area contributed by atoms with E-state index in [1.165, 1.54) is 39.5 Å². The molecule has 0 radical (unpaired) electrons. The number of allylic oxidation sites excluding steroid dienone is 2. The fourth-order valence-electron chi connectivity index (χ4n) is 4.66. The summed E-state index contributed by atoms with van der Waals surface area (Å²) in [6.07, 6.45) is 6.49. The first-order valence-electron chi connectivity index (χ1n) is 10.5. The Labute approximate surface area is 169 Å². The SMILES string of the molecule is C=C(Cc1ccc(C=CC)cc1)C(C)C1CC1c1c(C)ccc2ccccc12. The van der Waals surface area contributed by atoms with E-state index in [2.05, 4.69) is 100 Å². The first-order chi connectivity index (χ1) is 13.6. The topological polar surface area (TPSA) is 0 Å². The highest BCUT2D eigenvalue weighted by molar-refractivity contribution is 5.87. The van der Waals surface area contributed by atoms with E-state index in [1.807, 2.05) is 0 Å². The Morgan fingerprint density at radius 3 is 2.57 bits per heavy atom. The lowest BCUT2D eigenvalue weighted by Gasteiger charge is -2.17. The van der Waals surface area contributed by atoms with Crippen molar-refractivity contribution in [3.8, 4) is 0 Å². The van der Waals surface area contributed by atoms with E-state index in [9.17, 15) is 0 Å². The lowest BCUT2D eigenvalue weighted by Crippen LogP contribution is -2.06. The fraction of sp³-hybridized carbons (Fsp3) is 0.286. The first-order valence-corrected chi connectivity index (χ1v) is 10.5. The molecular formula is C28H30. The summed E-state index contributed by atoms with van der Waals surface area (Å²) in [6, 6.07) is 22.3. The third-order valence-corrected chi connectivity index (χ3v) is 6.46. The second kappa shape index (κ2) is 7.80. The number of hydrogen-bond acceptors (Lipinski definition) is 0. The van der Waals surface area contributed by atoms with Crippen molar-refractivity contribution in [1.29, 1.82) is 0 Å². The number of hydrogen-bond donors (Lipinski definition) is 0. The molecule has 0 heteroatoms. The molecule has 0 bridgehead atoms. The maximum Gasteiger partial charge on any atom is -0.00670 e. The summed E-state index contributed by atoms with van der Waals surface area (Å²) in [6.45, 7) is 11.2. The molecule has 0 nitrogen and oxygen atoms in total. The summed E-state index contributed by atoms with van der Waals surface area (Å²) < 4.78 is 0. The molecule has 3 atom stereocenters. The Hall–Kier alpha value is -2.60. The molecule has 0 saturated heterocycles. The lowest BCUT2D eigenvalue weighted by molar-refractivity contribution is 0.566. The average molecular weight is 367 g/mol. The third-order valence-electron chi connectivity index (χ3n) is 6.46. The minimum atomic E-state index is 0.554. The van der Waals surface area contributed by atoms with Gasteiger partial charge in [0.2, 0.25) is 0 Å². The predicted molar refractivity (Wildman–Crippen MR) is 123 cm³/mol. The van der Waals surface area contributed by atoms with Crippen molar-refractivity contribution in [2.45, 2.75) is 39.5 Å². The van der Waals surface area contributed by atoms with Gasteiger partial charge in [-0.2, -0.15) is 0 Å². The molecule has 1 saturated carbocycles. The highest BCUT2D eigenvalue weighted by atomic mass is 14.5. The summed E-state index contributed by atoms with van der Waals surface area (Å²) in [4.78, 5) is 0. The zero-order chi connectivity index (χ0) is 19.7. The second-order valence-electron chi connectivity index (χ2n) is 8.39. The monoisotopic (exact) mass is 366 g/mol. The van der Waals surface area contributed by atoms with Gasteiger partial charge in [0, 0.05) is 0 Å². The van der Waals surface area contributed by atoms with E-state index in [-0.39, 0.29) is 0 Å². The van der Waals surface area contributed by atoms with Crippen LogP contribution in [0.15, 0.2) is 78.9 Å². The van der Waals surface area contributed by atoms with Crippen molar-refractivity contribution < 1.29 is 0 Å². The Bertz CT molecular complexity index is 1020. The lowest BCUT2D eigenvalue weighted by atomic mass is 9.88. The van der Waals surface area contributed by atoms with Gasteiger partial charge in [0.1, 0.15) is 0 Å². The first kappa shape index (κ1) is 18.7. The van der Waals surface area contributed by atoms with Crippen LogP contribution in [-0.2, 0) is 6.42 Å². The van der Waals surface area contributed by atoms with Crippen molar-refractivity contribution in [3.05, 3.63) is 101 Å². The zero-order valence-corrected chi connectivity index (χ0v) is 17.3. The molecule has 0 aromatic heterocycles. The number of benzene rings is 3. The highest BCUT2D eigenvalue weighted by Gasteiger charge is 2.43. The minimum Gasteiger partial charge on any atom is -0.0992 e. The van der Waals surface area contributed by atoms with Gasteiger partial charge in [-0.1, -0.05) is 91.9 Å². The largest absolute Gasteiger partial charge is 0.0992 e. The van der Waals surface area contributed by atoms with E-state index in [0.29, 0.717) is 11.8 Å². The van der Waals surface area contributed by atoms with Crippen LogP contribution in [0.2, 0.25) is 0 Å². The van der Waals surface area contributed by atoms with Crippen LogP contribution in [0.25, 0.3) is 16.8 Å². The van der Waals surface area contributed by atoms with Crippen LogP contribution >= 0.6 is 0 Å². The molecule has 4 rings (SSSR count). The molecule has 3 unspecified atom stereocenters. The molecule has 1 aliphatic carbocycles. The van der Waals surface area contributed by atoms with E-state index in [1.54, 1.807) is 5.56 Å². The van der Waals surface area contributed by atoms with Gasteiger partial charge >= 0.3 is 0 Å². The van der Waals surface area contributed by atoms with E-state index < -0.39 is 0 Å². The van der Waals surface area contributed by atoms with Crippen molar-refractivity contribution >= 4 is 16.8 Å². The maximum atomic E-state index is 4.47. The summed E-state index contributed by atoms with van der Waals surface area (Å²) in [5.74, 6) is 1.95. The van der Waals surface area contributed by atoms with Gasteiger partial charge in [-0.15, -0.1) is 0 Å². The second-order valence-corrected chi connectivity index (χ2v) is 8.39. The van der Waals surface area contributed by atoms with Crippen LogP contribution in [0.3, 0.4) is 0 Å². The Balaban J connectivity index is 1.48. The maximum absolute atomic E-state index is 4.47. The smallest absolute Gasteiger partial charge is 0.00670 e. The third kappa shape index (κ3) is 3.69. The Morgan fingerprint density at radius 1 is 1.07 bits per heavy atom. The minimum absolute atomic E-state index is 0.554. The van der Waals surface area contributed by atoms with Gasteiger partial charge in [-0.3, -0.25) is 0 Å². The molecule has 0 N–H and O–H groups in total. The summed E-state index contributed by atoms with van der Waals surface area (Å²) in [5.41, 5.74) is 6.99. The molecule has 0 aliphatic heterocycles. The van der Waals surface area contributed by atoms with Crippen molar-refractivity contribution in [1.82, 2.24) is 0 Å². The molecule has 0 amide bonds. The number of rotatable bonds is 6. The summed E-state index contributed by atoms with van der Waals surface area (Å²) in [5, 5.41) is 2.80. The van der Waals surface area contributed by atoms with Gasteiger partial charge in [0.05, 0.1) is 0 Å². The van der Waals surface area contributed by atoms with Crippen LogP contribution in [-0.4, -0.2) is 0 Å². The van der Waals surface area contributed by atoms with Crippen LogP contribution in [0.4, 0.5) is 0 Å². The Kier molecular flexibility index (Phi) is 5.22. The summed E-state index contributed by atoms with van der Waals surface area (Å²) >= 11 is 0. The van der Waals surface area contributed by atoms with Crippen molar-refractivity contribution in [2.75, 3.05) is 0 Å². The van der Waals surface area contributed by atoms with Crippen molar-refractivity contribution in [3.63, 3.8) is 0 Å². The molecule has 0 heterocycles. The van der Waals surface area contributed by atoms with Crippen LogP contribution in [0.5, 0.6) is 0 Å². The molecule has 142 valence electrons. The molecule has 28 heavy (non-hydrogen) atoms. The van der Waals surface area contributed by atoms with Crippen LogP contribution in [0, 0.1) is 18.8 Å². The Morgan fingerprint density at radius 2 is 1.82 bits per heavy atom. The summed E-state index contributed by atoms with van der Waals surface area (Å²) in [7, 11) is 0. The number of fused-ring (bicyclic) bond motifs is 1. The normalized spacial score (nSPS) is 19.8. The molecular weight excluding hydrogens is 336 g/mol. The molecule has 3 aromatic rings. The number of aryl methyl sites for hydroxylation is 1. The van der Waals surface area contributed by atoms with Crippen LogP contribution < -0.4 is 0 Å². The standard InChI is InChI=1S/C28H30/c1-5-8-22-12-14-23(15-13-22)17-20(3)21(4)26-18-27(26)28-19(2)11-16-24-9-6-7-10-25(24)28/h5-16,21,26-27H,3,17-18H2,1-2,4H3. The average Bonchev–Trinajstić information content (AvgIpc) is 3.49. The van der Waals surface area contributed by atoms with E-state index >= 15 is 0 Å².